The van der Waals surface area contributed by atoms with E-state index in [1.807, 2.05) is 32.0 Å². The molecule has 4 nitrogen and oxygen atoms in total. The molecule has 0 radical (unpaired) electrons. The number of rotatable bonds is 7. The van der Waals surface area contributed by atoms with Crippen LogP contribution in [0.1, 0.15) is 43.1 Å². The van der Waals surface area contributed by atoms with Crippen molar-refractivity contribution in [3.05, 3.63) is 35.4 Å². The minimum Gasteiger partial charge on any atom is -0.388 e. The van der Waals surface area contributed by atoms with Crippen molar-refractivity contribution in [2.45, 2.75) is 39.4 Å². The zero-order chi connectivity index (χ0) is 15.2. The smallest absolute Gasteiger partial charge is 0.251 e. The normalized spacial score (nSPS) is 14.1. The number of carbonyl (C=O) groups is 1. The average molecular weight is 279 g/mol. The lowest BCUT2D eigenvalue weighted by Gasteiger charge is -2.25. The molecule has 20 heavy (non-hydrogen) atoms. The summed E-state index contributed by atoms with van der Waals surface area (Å²) >= 11 is 0. The minimum absolute atomic E-state index is 0.179. The van der Waals surface area contributed by atoms with Gasteiger partial charge in [-0.3, -0.25) is 4.79 Å². The standard InChI is InChI=1S/C16H25NO3/c1-12(2)9-16(3,19)11-17-15(18)14-8-6-5-7-13(14)10-20-4/h5-8,12,19H,9-11H2,1-4H3,(H,17,18). The molecule has 0 aliphatic heterocycles. The quantitative estimate of drug-likeness (QED) is 0.805. The lowest BCUT2D eigenvalue weighted by Crippen LogP contribution is -2.41. The fraction of sp³-hybridized carbons (Fsp3) is 0.562. The van der Waals surface area contributed by atoms with Gasteiger partial charge in [0.25, 0.3) is 5.91 Å². The van der Waals surface area contributed by atoms with Crippen molar-refractivity contribution in [2.75, 3.05) is 13.7 Å². The van der Waals surface area contributed by atoms with Crippen LogP contribution >= 0.6 is 0 Å². The van der Waals surface area contributed by atoms with Crippen molar-refractivity contribution in [3.63, 3.8) is 0 Å². The molecule has 0 aliphatic rings. The van der Waals surface area contributed by atoms with Crippen molar-refractivity contribution < 1.29 is 14.6 Å². The van der Waals surface area contributed by atoms with Crippen molar-refractivity contribution in [2.24, 2.45) is 5.92 Å². The Hall–Kier alpha value is -1.39. The monoisotopic (exact) mass is 279 g/mol. The van der Waals surface area contributed by atoms with Crippen molar-refractivity contribution in [1.29, 1.82) is 0 Å². The summed E-state index contributed by atoms with van der Waals surface area (Å²) in [7, 11) is 1.60. The molecule has 0 spiro atoms. The predicted octanol–water partition coefficient (Wildman–Crippen LogP) is 2.36. The number of amides is 1. The first-order valence-electron chi connectivity index (χ1n) is 6.93. The molecule has 0 bridgehead atoms. The molecule has 0 saturated heterocycles. The SMILES string of the molecule is COCc1ccccc1C(=O)NCC(C)(O)CC(C)C. The minimum atomic E-state index is -0.889. The van der Waals surface area contributed by atoms with Crippen LogP contribution in [0.15, 0.2) is 24.3 Å². The number of carbonyl (C=O) groups excluding carboxylic acids is 1. The molecule has 4 heteroatoms. The van der Waals surface area contributed by atoms with Gasteiger partial charge in [0.05, 0.1) is 12.2 Å². The highest BCUT2D eigenvalue weighted by atomic mass is 16.5. The van der Waals surface area contributed by atoms with Crippen LogP contribution in [0.5, 0.6) is 0 Å². The van der Waals surface area contributed by atoms with Crippen LogP contribution in [0.3, 0.4) is 0 Å². The number of nitrogens with one attached hydrogen (secondary N) is 1. The first-order valence-corrected chi connectivity index (χ1v) is 6.93. The predicted molar refractivity (Wildman–Crippen MR) is 79.6 cm³/mol. The molecular formula is C16H25NO3. The first-order chi connectivity index (χ1) is 9.35. The molecule has 112 valence electrons. The highest BCUT2D eigenvalue weighted by Crippen LogP contribution is 2.16. The second-order valence-electron chi connectivity index (χ2n) is 5.87. The molecule has 0 heterocycles. The zero-order valence-electron chi connectivity index (χ0n) is 12.8. The van der Waals surface area contributed by atoms with Gasteiger partial charge in [0.2, 0.25) is 0 Å². The number of ether oxygens (including phenoxy) is 1. The van der Waals surface area contributed by atoms with E-state index in [-0.39, 0.29) is 12.5 Å². The van der Waals surface area contributed by atoms with Crippen LogP contribution < -0.4 is 5.32 Å². The molecule has 1 unspecified atom stereocenters. The Morgan fingerprint density at radius 3 is 2.65 bits per heavy atom. The van der Waals surface area contributed by atoms with Gasteiger partial charge in [-0.25, -0.2) is 0 Å². The highest BCUT2D eigenvalue weighted by Gasteiger charge is 2.23. The van der Waals surface area contributed by atoms with Crippen molar-refractivity contribution in [3.8, 4) is 0 Å². The van der Waals surface area contributed by atoms with Gasteiger partial charge in [-0.15, -0.1) is 0 Å². The second-order valence-corrected chi connectivity index (χ2v) is 5.87. The molecular weight excluding hydrogens is 254 g/mol. The molecule has 0 aromatic heterocycles. The third-order valence-corrected chi connectivity index (χ3v) is 3.04. The molecule has 1 atom stereocenters. The van der Waals surface area contributed by atoms with E-state index in [0.29, 0.717) is 24.5 Å². The van der Waals surface area contributed by atoms with Gasteiger partial charge in [0.15, 0.2) is 0 Å². The lowest BCUT2D eigenvalue weighted by molar-refractivity contribution is 0.0368. The number of hydrogen-bond acceptors (Lipinski definition) is 3. The van der Waals surface area contributed by atoms with Crippen LogP contribution in [0.4, 0.5) is 0 Å². The fourth-order valence-corrected chi connectivity index (χ4v) is 2.34. The number of aliphatic hydroxyl groups is 1. The molecule has 1 amide bonds. The Balaban J connectivity index is 2.68. The van der Waals surface area contributed by atoms with Gasteiger partial charge in [-0.1, -0.05) is 32.0 Å². The van der Waals surface area contributed by atoms with Crippen LogP contribution in [0.25, 0.3) is 0 Å². The van der Waals surface area contributed by atoms with Gasteiger partial charge in [0.1, 0.15) is 0 Å². The first kappa shape index (κ1) is 16.7. The molecule has 1 aromatic rings. The van der Waals surface area contributed by atoms with Crippen molar-refractivity contribution in [1.82, 2.24) is 5.32 Å². The maximum atomic E-state index is 12.2. The number of methoxy groups -OCH3 is 1. The summed E-state index contributed by atoms with van der Waals surface area (Å²) in [6.07, 6.45) is 0.646. The van der Waals surface area contributed by atoms with Crippen LogP contribution in [-0.4, -0.2) is 30.3 Å². The third kappa shape index (κ3) is 5.31. The highest BCUT2D eigenvalue weighted by molar-refractivity contribution is 5.95. The van der Waals surface area contributed by atoms with Crippen molar-refractivity contribution >= 4 is 5.91 Å². The summed E-state index contributed by atoms with van der Waals surface area (Å²) < 4.78 is 5.09. The Morgan fingerprint density at radius 2 is 2.05 bits per heavy atom. The zero-order valence-corrected chi connectivity index (χ0v) is 12.8. The summed E-state index contributed by atoms with van der Waals surface area (Å²) in [5.74, 6) is 0.198. The molecule has 0 fully saturated rings. The molecule has 2 N–H and O–H groups in total. The molecule has 0 aliphatic carbocycles. The van der Waals surface area contributed by atoms with E-state index in [0.717, 1.165) is 5.56 Å². The van der Waals surface area contributed by atoms with E-state index in [4.69, 9.17) is 4.74 Å². The number of benzene rings is 1. The van der Waals surface area contributed by atoms with E-state index in [1.165, 1.54) is 0 Å². The Kier molecular flexibility index (Phi) is 6.17. The Morgan fingerprint density at radius 1 is 1.40 bits per heavy atom. The topological polar surface area (TPSA) is 58.6 Å². The van der Waals surface area contributed by atoms with E-state index >= 15 is 0 Å². The van der Waals surface area contributed by atoms with Gasteiger partial charge < -0.3 is 15.2 Å². The maximum absolute atomic E-state index is 12.2. The Labute approximate surface area is 121 Å². The molecule has 1 aromatic carbocycles. The summed E-state index contributed by atoms with van der Waals surface area (Å²) in [5.41, 5.74) is 0.547. The van der Waals surface area contributed by atoms with E-state index < -0.39 is 5.60 Å². The van der Waals surface area contributed by atoms with Gasteiger partial charge in [0, 0.05) is 19.2 Å². The van der Waals surface area contributed by atoms with Crippen LogP contribution in [0, 0.1) is 5.92 Å². The molecule has 0 saturated carbocycles. The summed E-state index contributed by atoms with van der Waals surface area (Å²) in [6, 6.07) is 7.33. The summed E-state index contributed by atoms with van der Waals surface area (Å²) in [6.45, 7) is 6.47. The van der Waals surface area contributed by atoms with Gasteiger partial charge in [-0.2, -0.15) is 0 Å². The fourth-order valence-electron chi connectivity index (χ4n) is 2.34. The lowest BCUT2D eigenvalue weighted by atomic mass is 9.94. The average Bonchev–Trinajstić information content (AvgIpc) is 2.36. The summed E-state index contributed by atoms with van der Waals surface area (Å²) in [4.78, 5) is 12.2. The third-order valence-electron chi connectivity index (χ3n) is 3.04. The largest absolute Gasteiger partial charge is 0.388 e. The van der Waals surface area contributed by atoms with Crippen LogP contribution in [-0.2, 0) is 11.3 Å². The number of hydrogen-bond donors (Lipinski definition) is 2. The molecule has 1 rings (SSSR count). The van der Waals surface area contributed by atoms with E-state index in [9.17, 15) is 9.90 Å². The maximum Gasteiger partial charge on any atom is 0.251 e. The Bertz CT molecular complexity index is 441. The van der Waals surface area contributed by atoms with Gasteiger partial charge in [-0.05, 0) is 30.9 Å². The van der Waals surface area contributed by atoms with Gasteiger partial charge >= 0.3 is 0 Å². The second kappa shape index (κ2) is 7.41. The van der Waals surface area contributed by atoms with E-state index in [2.05, 4.69) is 5.32 Å². The van der Waals surface area contributed by atoms with Crippen LogP contribution in [0.2, 0.25) is 0 Å². The van der Waals surface area contributed by atoms with E-state index in [1.54, 1.807) is 20.1 Å². The summed E-state index contributed by atoms with van der Waals surface area (Å²) in [5, 5.41) is 13.0.